The highest BCUT2D eigenvalue weighted by Crippen LogP contribution is 1.95. The molecule has 1 heterocycles. The van der Waals surface area contributed by atoms with Crippen molar-refractivity contribution in [1.82, 2.24) is 9.97 Å². The van der Waals surface area contributed by atoms with Gasteiger partial charge in [0.1, 0.15) is 5.69 Å². The van der Waals surface area contributed by atoms with E-state index in [1.807, 2.05) is 0 Å². The molecule has 1 aromatic rings. The number of aromatic nitrogens is 2. The third-order valence-corrected chi connectivity index (χ3v) is 1.18. The Hall–Kier alpha value is -1.78. The monoisotopic (exact) mass is 166 g/mol. The van der Waals surface area contributed by atoms with Crippen LogP contribution >= 0.6 is 0 Å². The lowest BCUT2D eigenvalue weighted by Crippen LogP contribution is -2.14. The topological polar surface area (TPSA) is 80.2 Å². The zero-order chi connectivity index (χ0) is 9.14. The fourth-order valence-electron chi connectivity index (χ4n) is 0.682. The Morgan fingerprint density at radius 3 is 2.58 bits per heavy atom. The predicted octanol–water partition coefficient (Wildman–Crippen LogP) is 0.0523. The molecule has 0 aliphatic rings. The molecule has 62 valence electrons. The Kier molecular flexibility index (Phi) is 2.14. The maximum Gasteiger partial charge on any atom is 0.378 e. The Bertz CT molecular complexity index is 335. The predicted molar refractivity (Wildman–Crippen MR) is 38.7 cm³/mol. The second kappa shape index (κ2) is 3.08. The first-order chi connectivity index (χ1) is 5.61. The molecule has 0 saturated carbocycles. The number of nitrogens with zero attached hydrogens (tertiary/aromatic N) is 2. The van der Waals surface area contributed by atoms with Gasteiger partial charge in [-0.1, -0.05) is 0 Å². The molecule has 0 atom stereocenters. The van der Waals surface area contributed by atoms with E-state index in [2.05, 4.69) is 9.97 Å². The largest absolute Gasteiger partial charge is 0.475 e. The summed E-state index contributed by atoms with van der Waals surface area (Å²) in [5, 5.41) is 8.31. The highest BCUT2D eigenvalue weighted by atomic mass is 16.4. The average molecular weight is 166 g/mol. The van der Waals surface area contributed by atoms with Crippen molar-refractivity contribution >= 4 is 11.8 Å². The van der Waals surface area contributed by atoms with Crippen LogP contribution in [-0.4, -0.2) is 26.8 Å². The number of aryl methyl sites for hydroxylation is 1. The van der Waals surface area contributed by atoms with Crippen molar-refractivity contribution in [3.63, 3.8) is 0 Å². The molecule has 0 radical (unpaired) electrons. The Morgan fingerprint density at radius 2 is 2.08 bits per heavy atom. The number of carboxylic acids is 1. The Labute approximate surface area is 68.1 Å². The average Bonchev–Trinajstić information content (AvgIpc) is 2.03. The van der Waals surface area contributed by atoms with E-state index in [4.69, 9.17) is 5.11 Å². The number of carboxylic acid groups (broad SMARTS) is 1. The van der Waals surface area contributed by atoms with Crippen LogP contribution in [0.1, 0.15) is 16.2 Å². The highest BCUT2D eigenvalue weighted by molar-refractivity contribution is 6.39. The van der Waals surface area contributed by atoms with E-state index >= 15 is 0 Å². The Morgan fingerprint density at radius 1 is 1.42 bits per heavy atom. The molecule has 12 heavy (non-hydrogen) atoms. The lowest BCUT2D eigenvalue weighted by atomic mass is 10.3. The quantitative estimate of drug-likeness (QED) is 0.496. The van der Waals surface area contributed by atoms with E-state index in [9.17, 15) is 9.59 Å². The van der Waals surface area contributed by atoms with Gasteiger partial charge in [-0.2, -0.15) is 0 Å². The van der Waals surface area contributed by atoms with Gasteiger partial charge in [-0.15, -0.1) is 0 Å². The van der Waals surface area contributed by atoms with Crippen LogP contribution in [0.2, 0.25) is 0 Å². The van der Waals surface area contributed by atoms with Gasteiger partial charge in [-0.3, -0.25) is 9.78 Å². The molecule has 0 unspecified atom stereocenters. The van der Waals surface area contributed by atoms with Crippen molar-refractivity contribution in [1.29, 1.82) is 0 Å². The minimum Gasteiger partial charge on any atom is -0.475 e. The highest BCUT2D eigenvalue weighted by Gasteiger charge is 2.15. The first-order valence-corrected chi connectivity index (χ1v) is 3.17. The van der Waals surface area contributed by atoms with Crippen LogP contribution in [0.5, 0.6) is 0 Å². The number of ketones is 1. The van der Waals surface area contributed by atoms with Gasteiger partial charge >= 0.3 is 5.97 Å². The summed E-state index contributed by atoms with van der Waals surface area (Å²) < 4.78 is 0. The molecule has 0 bridgehead atoms. The van der Waals surface area contributed by atoms with Crippen LogP contribution in [0.25, 0.3) is 0 Å². The van der Waals surface area contributed by atoms with E-state index < -0.39 is 11.8 Å². The zero-order valence-electron chi connectivity index (χ0n) is 6.31. The summed E-state index contributed by atoms with van der Waals surface area (Å²) in [6.45, 7) is 1.63. The van der Waals surface area contributed by atoms with Crippen LogP contribution in [0, 0.1) is 6.92 Å². The minimum atomic E-state index is -1.52. The van der Waals surface area contributed by atoms with Gasteiger partial charge in [0.05, 0.1) is 11.9 Å². The number of carbonyl (C=O) groups excluding carboxylic acids is 1. The zero-order valence-corrected chi connectivity index (χ0v) is 6.31. The van der Waals surface area contributed by atoms with Crippen molar-refractivity contribution in [3.8, 4) is 0 Å². The molecule has 5 heteroatoms. The van der Waals surface area contributed by atoms with E-state index in [1.165, 1.54) is 6.20 Å². The van der Waals surface area contributed by atoms with Crippen LogP contribution in [0.15, 0.2) is 12.4 Å². The lowest BCUT2D eigenvalue weighted by molar-refractivity contribution is -0.131. The molecule has 0 aliphatic heterocycles. The van der Waals surface area contributed by atoms with Gasteiger partial charge in [-0.05, 0) is 6.92 Å². The SMILES string of the molecule is Cc1cncc(C(=O)C(=O)O)n1. The summed E-state index contributed by atoms with van der Waals surface area (Å²) in [6, 6.07) is 0. The second-order valence-corrected chi connectivity index (χ2v) is 2.18. The number of Topliss-reactive ketones (excluding diaryl/α,β-unsaturated/α-hetero) is 1. The van der Waals surface area contributed by atoms with Crippen LogP contribution in [0.3, 0.4) is 0 Å². The number of carbonyl (C=O) groups is 2. The number of rotatable bonds is 2. The molecule has 0 amide bonds. The summed E-state index contributed by atoms with van der Waals surface area (Å²) in [6.07, 6.45) is 2.57. The fraction of sp³-hybridized carbons (Fsp3) is 0.143. The van der Waals surface area contributed by atoms with Crippen molar-refractivity contribution in [2.24, 2.45) is 0 Å². The van der Waals surface area contributed by atoms with Crippen LogP contribution in [-0.2, 0) is 4.79 Å². The first kappa shape index (κ1) is 8.32. The minimum absolute atomic E-state index is 0.137. The molecule has 0 fully saturated rings. The van der Waals surface area contributed by atoms with Gasteiger partial charge in [0, 0.05) is 6.20 Å². The number of hydrogen-bond acceptors (Lipinski definition) is 4. The van der Waals surface area contributed by atoms with Gasteiger partial charge in [-0.25, -0.2) is 9.78 Å². The standard InChI is InChI=1S/C7H6N2O3/c1-4-2-8-3-5(9-4)6(10)7(11)12/h2-3H,1H3,(H,11,12). The summed E-state index contributed by atoms with van der Waals surface area (Å²) in [5.41, 5.74) is 0.379. The summed E-state index contributed by atoms with van der Waals surface area (Å²) in [4.78, 5) is 28.3. The lowest BCUT2D eigenvalue weighted by Gasteiger charge is -1.94. The summed E-state index contributed by atoms with van der Waals surface area (Å²) >= 11 is 0. The summed E-state index contributed by atoms with van der Waals surface area (Å²) in [5.74, 6) is -2.55. The fourth-order valence-corrected chi connectivity index (χ4v) is 0.682. The number of hydrogen-bond donors (Lipinski definition) is 1. The van der Waals surface area contributed by atoms with Crippen molar-refractivity contribution in [3.05, 3.63) is 23.8 Å². The van der Waals surface area contributed by atoms with Crippen molar-refractivity contribution in [2.45, 2.75) is 6.92 Å². The molecule has 0 spiro atoms. The third kappa shape index (κ3) is 1.63. The summed E-state index contributed by atoms with van der Waals surface area (Å²) in [7, 11) is 0. The smallest absolute Gasteiger partial charge is 0.378 e. The third-order valence-electron chi connectivity index (χ3n) is 1.18. The number of aliphatic carboxylic acids is 1. The molecule has 0 aliphatic carbocycles. The second-order valence-electron chi connectivity index (χ2n) is 2.18. The van der Waals surface area contributed by atoms with E-state index in [0.29, 0.717) is 5.69 Å². The molecule has 1 rings (SSSR count). The van der Waals surface area contributed by atoms with E-state index in [1.54, 1.807) is 6.92 Å². The maximum absolute atomic E-state index is 10.8. The van der Waals surface area contributed by atoms with Gasteiger partial charge in [0.25, 0.3) is 5.78 Å². The first-order valence-electron chi connectivity index (χ1n) is 3.17. The van der Waals surface area contributed by atoms with E-state index in [-0.39, 0.29) is 5.69 Å². The molecular weight excluding hydrogens is 160 g/mol. The molecular formula is C7H6N2O3. The molecule has 1 aromatic heterocycles. The Balaban J connectivity index is 3.04. The van der Waals surface area contributed by atoms with Crippen molar-refractivity contribution in [2.75, 3.05) is 0 Å². The van der Waals surface area contributed by atoms with Gasteiger partial charge in [0.15, 0.2) is 0 Å². The van der Waals surface area contributed by atoms with Crippen LogP contribution in [0.4, 0.5) is 0 Å². The molecule has 0 saturated heterocycles. The normalized spacial score (nSPS) is 9.42. The molecule has 0 aromatic carbocycles. The molecule has 1 N–H and O–H groups in total. The van der Waals surface area contributed by atoms with Crippen molar-refractivity contribution < 1.29 is 14.7 Å². The van der Waals surface area contributed by atoms with Gasteiger partial charge in [0.2, 0.25) is 0 Å². The van der Waals surface area contributed by atoms with Gasteiger partial charge < -0.3 is 5.11 Å². The van der Waals surface area contributed by atoms with E-state index in [0.717, 1.165) is 6.20 Å². The maximum atomic E-state index is 10.8. The van der Waals surface area contributed by atoms with Crippen LogP contribution < -0.4 is 0 Å². The molecule has 5 nitrogen and oxygen atoms in total.